The molecular formula is C16H22ClN3. The highest BCUT2D eigenvalue weighted by Gasteiger charge is 2.29. The van der Waals surface area contributed by atoms with E-state index in [1.165, 1.54) is 37.6 Å². The van der Waals surface area contributed by atoms with E-state index >= 15 is 0 Å². The standard InChI is InChI=1S/C16H22ClN3/c1-3-12-6-4-5-7-14(12)20-15-8-9-18-10-13(15)19-16(20)11(2)17/h8-12,14H,3-7H2,1-2H3. The Morgan fingerprint density at radius 1 is 1.40 bits per heavy atom. The summed E-state index contributed by atoms with van der Waals surface area (Å²) in [6, 6.07) is 2.62. The van der Waals surface area contributed by atoms with E-state index in [0.717, 1.165) is 17.3 Å². The van der Waals surface area contributed by atoms with Crippen LogP contribution in [0, 0.1) is 5.92 Å². The van der Waals surface area contributed by atoms with Gasteiger partial charge in [0.25, 0.3) is 0 Å². The van der Waals surface area contributed by atoms with E-state index in [1.54, 1.807) is 0 Å². The third-order valence-electron chi connectivity index (χ3n) is 4.60. The number of rotatable bonds is 3. The molecule has 0 radical (unpaired) electrons. The van der Waals surface area contributed by atoms with Gasteiger partial charge in [-0.3, -0.25) is 4.98 Å². The second-order valence-electron chi connectivity index (χ2n) is 5.84. The van der Waals surface area contributed by atoms with Crippen molar-refractivity contribution in [2.24, 2.45) is 5.92 Å². The van der Waals surface area contributed by atoms with Gasteiger partial charge >= 0.3 is 0 Å². The van der Waals surface area contributed by atoms with Gasteiger partial charge in [-0.15, -0.1) is 11.6 Å². The van der Waals surface area contributed by atoms with Gasteiger partial charge in [-0.1, -0.05) is 26.2 Å². The van der Waals surface area contributed by atoms with Gasteiger partial charge in [0, 0.05) is 12.2 Å². The molecule has 2 heterocycles. The van der Waals surface area contributed by atoms with Crippen LogP contribution in [0.15, 0.2) is 18.5 Å². The fourth-order valence-corrected chi connectivity index (χ4v) is 3.76. The Labute approximate surface area is 125 Å². The molecule has 108 valence electrons. The summed E-state index contributed by atoms with van der Waals surface area (Å²) in [5.41, 5.74) is 2.16. The molecule has 3 nitrogen and oxygen atoms in total. The number of nitrogens with zero attached hydrogens (tertiary/aromatic N) is 3. The Hall–Kier alpha value is -1.09. The molecule has 2 aromatic rings. The molecule has 20 heavy (non-hydrogen) atoms. The second kappa shape index (κ2) is 5.72. The molecule has 1 aliphatic carbocycles. The summed E-state index contributed by atoms with van der Waals surface area (Å²) < 4.78 is 2.40. The molecule has 0 aromatic carbocycles. The quantitative estimate of drug-likeness (QED) is 0.755. The number of hydrogen-bond donors (Lipinski definition) is 0. The van der Waals surface area contributed by atoms with E-state index in [4.69, 9.17) is 16.6 Å². The SMILES string of the molecule is CCC1CCCCC1n1c(C(C)Cl)nc2cnccc21. The number of fused-ring (bicyclic) bond motifs is 1. The molecule has 0 amide bonds. The lowest BCUT2D eigenvalue weighted by Gasteiger charge is -2.33. The Morgan fingerprint density at radius 3 is 2.95 bits per heavy atom. The number of alkyl halides is 1. The first-order valence-electron chi connectivity index (χ1n) is 7.68. The first-order valence-corrected chi connectivity index (χ1v) is 8.12. The predicted octanol–water partition coefficient (Wildman–Crippen LogP) is 4.87. The fourth-order valence-electron chi connectivity index (χ4n) is 3.60. The Kier molecular flexibility index (Phi) is 3.97. The maximum atomic E-state index is 6.39. The molecule has 3 atom stereocenters. The molecule has 4 heteroatoms. The summed E-state index contributed by atoms with van der Waals surface area (Å²) in [6.07, 6.45) is 10.2. The highest BCUT2D eigenvalue weighted by molar-refractivity contribution is 6.20. The van der Waals surface area contributed by atoms with Crippen molar-refractivity contribution in [3.05, 3.63) is 24.3 Å². The molecule has 0 saturated heterocycles. The Morgan fingerprint density at radius 2 is 2.20 bits per heavy atom. The van der Waals surface area contributed by atoms with Gasteiger partial charge in [-0.25, -0.2) is 4.98 Å². The van der Waals surface area contributed by atoms with Crippen LogP contribution in [0.5, 0.6) is 0 Å². The van der Waals surface area contributed by atoms with Crippen molar-refractivity contribution in [1.29, 1.82) is 0 Å². The van der Waals surface area contributed by atoms with Crippen LogP contribution in [0.4, 0.5) is 0 Å². The minimum Gasteiger partial charge on any atom is -0.323 e. The van der Waals surface area contributed by atoms with E-state index in [-0.39, 0.29) is 5.38 Å². The van der Waals surface area contributed by atoms with Gasteiger partial charge in [0.15, 0.2) is 0 Å². The second-order valence-corrected chi connectivity index (χ2v) is 6.50. The first kappa shape index (κ1) is 13.9. The molecular weight excluding hydrogens is 270 g/mol. The van der Waals surface area contributed by atoms with Crippen molar-refractivity contribution in [3.8, 4) is 0 Å². The summed E-state index contributed by atoms with van der Waals surface area (Å²) in [5.74, 6) is 1.74. The maximum Gasteiger partial charge on any atom is 0.128 e. The van der Waals surface area contributed by atoms with E-state index in [9.17, 15) is 0 Å². The summed E-state index contributed by atoms with van der Waals surface area (Å²) in [4.78, 5) is 8.92. The first-order chi connectivity index (χ1) is 9.72. The zero-order valence-corrected chi connectivity index (χ0v) is 13.0. The number of aromatic nitrogens is 3. The zero-order chi connectivity index (χ0) is 14.1. The van der Waals surface area contributed by atoms with E-state index in [2.05, 4.69) is 22.5 Å². The van der Waals surface area contributed by atoms with E-state index in [1.807, 2.05) is 19.3 Å². The normalized spacial score (nSPS) is 24.9. The van der Waals surface area contributed by atoms with Crippen molar-refractivity contribution >= 4 is 22.6 Å². The highest BCUT2D eigenvalue weighted by atomic mass is 35.5. The van der Waals surface area contributed by atoms with Crippen molar-refractivity contribution in [1.82, 2.24) is 14.5 Å². The van der Waals surface area contributed by atoms with Crippen LogP contribution in [0.1, 0.15) is 63.2 Å². The van der Waals surface area contributed by atoms with Gasteiger partial charge in [0.05, 0.1) is 17.1 Å². The lowest BCUT2D eigenvalue weighted by Crippen LogP contribution is -2.24. The van der Waals surface area contributed by atoms with Crippen LogP contribution in [0.25, 0.3) is 11.0 Å². The van der Waals surface area contributed by atoms with E-state index < -0.39 is 0 Å². The van der Waals surface area contributed by atoms with Crippen molar-refractivity contribution in [2.45, 2.75) is 57.4 Å². The summed E-state index contributed by atoms with van der Waals surface area (Å²) in [7, 11) is 0. The Bertz CT molecular complexity index is 590. The van der Waals surface area contributed by atoms with Gasteiger partial charge in [-0.2, -0.15) is 0 Å². The topological polar surface area (TPSA) is 30.7 Å². The maximum absolute atomic E-state index is 6.39. The molecule has 0 N–H and O–H groups in total. The fraction of sp³-hybridized carbons (Fsp3) is 0.625. The summed E-state index contributed by atoms with van der Waals surface area (Å²) >= 11 is 6.39. The van der Waals surface area contributed by atoms with Crippen LogP contribution in [0.3, 0.4) is 0 Å². The van der Waals surface area contributed by atoms with Gasteiger partial charge in [-0.05, 0) is 31.7 Å². The van der Waals surface area contributed by atoms with Crippen molar-refractivity contribution in [2.75, 3.05) is 0 Å². The number of pyridine rings is 1. The summed E-state index contributed by atoms with van der Waals surface area (Å²) in [5, 5.41) is -0.0677. The number of hydrogen-bond acceptors (Lipinski definition) is 2. The minimum atomic E-state index is -0.0677. The van der Waals surface area contributed by atoms with E-state index in [0.29, 0.717) is 6.04 Å². The van der Waals surface area contributed by atoms with Gasteiger partial charge in [0.2, 0.25) is 0 Å². The largest absolute Gasteiger partial charge is 0.323 e. The molecule has 3 unspecified atom stereocenters. The van der Waals surface area contributed by atoms with Gasteiger partial charge in [0.1, 0.15) is 11.3 Å². The Balaban J connectivity index is 2.14. The zero-order valence-electron chi connectivity index (χ0n) is 12.2. The molecule has 1 fully saturated rings. The van der Waals surface area contributed by atoms with Crippen LogP contribution in [0.2, 0.25) is 0 Å². The van der Waals surface area contributed by atoms with Crippen LogP contribution < -0.4 is 0 Å². The molecule has 0 aliphatic heterocycles. The van der Waals surface area contributed by atoms with Crippen LogP contribution >= 0.6 is 11.6 Å². The van der Waals surface area contributed by atoms with Gasteiger partial charge < -0.3 is 4.57 Å². The molecule has 2 aromatic heterocycles. The predicted molar refractivity (Wildman–Crippen MR) is 83.1 cm³/mol. The van der Waals surface area contributed by atoms with Crippen LogP contribution in [-0.2, 0) is 0 Å². The third kappa shape index (κ3) is 2.32. The van der Waals surface area contributed by atoms with Crippen molar-refractivity contribution in [3.63, 3.8) is 0 Å². The molecule has 1 saturated carbocycles. The average Bonchev–Trinajstić information content (AvgIpc) is 2.86. The molecule has 1 aliphatic rings. The summed E-state index contributed by atoms with van der Waals surface area (Å²) in [6.45, 7) is 4.31. The lowest BCUT2D eigenvalue weighted by atomic mass is 9.82. The van der Waals surface area contributed by atoms with Crippen LogP contribution in [-0.4, -0.2) is 14.5 Å². The third-order valence-corrected chi connectivity index (χ3v) is 4.80. The lowest BCUT2D eigenvalue weighted by molar-refractivity contribution is 0.233. The minimum absolute atomic E-state index is 0.0677. The number of imidazole rings is 1. The molecule has 3 rings (SSSR count). The molecule has 0 spiro atoms. The highest BCUT2D eigenvalue weighted by Crippen LogP contribution is 2.40. The van der Waals surface area contributed by atoms with Crippen molar-refractivity contribution < 1.29 is 0 Å². The monoisotopic (exact) mass is 291 g/mol. The smallest absolute Gasteiger partial charge is 0.128 e. The number of halogens is 1. The molecule has 0 bridgehead atoms. The average molecular weight is 292 g/mol.